The van der Waals surface area contributed by atoms with Crippen molar-refractivity contribution in [2.45, 2.75) is 18.9 Å². The minimum atomic E-state index is -0.129. The van der Waals surface area contributed by atoms with E-state index in [1.165, 1.54) is 18.4 Å². The van der Waals surface area contributed by atoms with E-state index in [-0.39, 0.29) is 11.9 Å². The van der Waals surface area contributed by atoms with E-state index in [2.05, 4.69) is 22.3 Å². The minimum absolute atomic E-state index is 0.129. The van der Waals surface area contributed by atoms with Crippen LogP contribution < -0.4 is 15.8 Å². The number of para-hydroxylation sites is 1. The van der Waals surface area contributed by atoms with Gasteiger partial charge in [-0.25, -0.2) is 0 Å². The zero-order valence-corrected chi connectivity index (χ0v) is 14.6. The molecule has 0 aromatic heterocycles. The van der Waals surface area contributed by atoms with E-state index >= 15 is 0 Å². The lowest BCUT2D eigenvalue weighted by atomic mass is 10.0. The second kappa shape index (κ2) is 8.03. The molecule has 25 heavy (non-hydrogen) atoms. The molecule has 0 bridgehead atoms. The second-order valence-corrected chi connectivity index (χ2v) is 6.33. The fraction of sp³-hybridized carbons (Fsp3) is 0.350. The number of anilines is 1. The summed E-state index contributed by atoms with van der Waals surface area (Å²) in [5, 5.41) is 3.05. The van der Waals surface area contributed by atoms with Gasteiger partial charge in [0.05, 0.1) is 18.7 Å². The van der Waals surface area contributed by atoms with E-state index in [9.17, 15) is 4.79 Å². The number of nitrogens with two attached hydrogens (primary N) is 1. The van der Waals surface area contributed by atoms with Crippen LogP contribution in [0.1, 0.15) is 34.8 Å². The van der Waals surface area contributed by atoms with Gasteiger partial charge in [-0.15, -0.1) is 0 Å². The summed E-state index contributed by atoms with van der Waals surface area (Å²) in [5.74, 6) is 0.709. The first kappa shape index (κ1) is 17.3. The van der Waals surface area contributed by atoms with Gasteiger partial charge in [0.25, 0.3) is 5.91 Å². The molecule has 1 aliphatic heterocycles. The Balaban J connectivity index is 1.73. The number of hydrogen-bond donors (Lipinski definition) is 2. The summed E-state index contributed by atoms with van der Waals surface area (Å²) >= 11 is 0. The third-order valence-electron chi connectivity index (χ3n) is 4.74. The van der Waals surface area contributed by atoms with Crippen LogP contribution >= 0.6 is 0 Å². The van der Waals surface area contributed by atoms with Crippen molar-refractivity contribution in [3.63, 3.8) is 0 Å². The molecule has 0 radical (unpaired) electrons. The van der Waals surface area contributed by atoms with Gasteiger partial charge in [-0.2, -0.15) is 0 Å². The van der Waals surface area contributed by atoms with Crippen LogP contribution in [0.2, 0.25) is 0 Å². The number of rotatable bonds is 6. The highest BCUT2D eigenvalue weighted by Gasteiger charge is 2.24. The van der Waals surface area contributed by atoms with Gasteiger partial charge in [0.2, 0.25) is 0 Å². The Bertz CT molecular complexity index is 709. The Morgan fingerprint density at radius 3 is 2.48 bits per heavy atom. The van der Waals surface area contributed by atoms with E-state index < -0.39 is 0 Å². The Morgan fingerprint density at radius 2 is 1.84 bits per heavy atom. The van der Waals surface area contributed by atoms with E-state index in [1.807, 2.05) is 24.3 Å². The first-order valence-electron chi connectivity index (χ1n) is 8.70. The summed E-state index contributed by atoms with van der Waals surface area (Å²) in [4.78, 5) is 14.9. The van der Waals surface area contributed by atoms with Gasteiger partial charge < -0.3 is 15.8 Å². The summed E-state index contributed by atoms with van der Waals surface area (Å²) < 4.78 is 5.25. The van der Waals surface area contributed by atoms with Crippen LogP contribution in [0.25, 0.3) is 0 Å². The van der Waals surface area contributed by atoms with Crippen LogP contribution in [-0.4, -0.2) is 37.6 Å². The summed E-state index contributed by atoms with van der Waals surface area (Å²) in [7, 11) is 1.66. The summed E-state index contributed by atoms with van der Waals surface area (Å²) in [6.07, 6.45) is 2.40. The van der Waals surface area contributed by atoms with Crippen molar-refractivity contribution in [3.05, 3.63) is 59.7 Å². The van der Waals surface area contributed by atoms with Crippen LogP contribution in [0.3, 0.4) is 0 Å². The van der Waals surface area contributed by atoms with Crippen molar-refractivity contribution < 1.29 is 9.53 Å². The molecular weight excluding hydrogens is 314 g/mol. The molecule has 0 aliphatic carbocycles. The molecule has 1 amide bonds. The van der Waals surface area contributed by atoms with Crippen LogP contribution in [-0.2, 0) is 0 Å². The molecule has 5 heteroatoms. The van der Waals surface area contributed by atoms with E-state index in [0.717, 1.165) is 18.8 Å². The Kier molecular flexibility index (Phi) is 5.56. The molecule has 132 valence electrons. The maximum absolute atomic E-state index is 12.5. The monoisotopic (exact) mass is 339 g/mol. The van der Waals surface area contributed by atoms with E-state index in [1.54, 1.807) is 19.2 Å². The molecule has 5 nitrogen and oxygen atoms in total. The summed E-state index contributed by atoms with van der Waals surface area (Å²) in [5.41, 5.74) is 8.12. The third kappa shape index (κ3) is 4.12. The molecule has 3 N–H and O–H groups in total. The topological polar surface area (TPSA) is 67.6 Å². The van der Waals surface area contributed by atoms with Gasteiger partial charge in [0, 0.05) is 12.2 Å². The average Bonchev–Trinajstić information content (AvgIpc) is 3.17. The number of amides is 1. The van der Waals surface area contributed by atoms with Crippen LogP contribution in [0.15, 0.2) is 48.5 Å². The van der Waals surface area contributed by atoms with Crippen LogP contribution in [0.5, 0.6) is 5.75 Å². The lowest BCUT2D eigenvalue weighted by Crippen LogP contribution is -2.37. The number of ether oxygens (including phenoxy) is 1. The van der Waals surface area contributed by atoms with Gasteiger partial charge in [-0.1, -0.05) is 24.3 Å². The average molecular weight is 339 g/mol. The molecule has 1 saturated heterocycles. The molecular formula is C20H25N3O2. The first-order chi connectivity index (χ1) is 12.2. The number of hydrogen-bond acceptors (Lipinski definition) is 4. The predicted octanol–water partition coefficient (Wildman–Crippen LogP) is 2.84. The van der Waals surface area contributed by atoms with Crippen LogP contribution in [0, 0.1) is 0 Å². The van der Waals surface area contributed by atoms with E-state index in [0.29, 0.717) is 17.8 Å². The number of methoxy groups -OCH3 is 1. The Morgan fingerprint density at radius 1 is 1.16 bits per heavy atom. The van der Waals surface area contributed by atoms with Gasteiger partial charge in [0.1, 0.15) is 5.75 Å². The number of likely N-dealkylation sites (tertiary alicyclic amines) is 1. The van der Waals surface area contributed by atoms with Crippen LogP contribution in [0.4, 0.5) is 5.69 Å². The summed E-state index contributed by atoms with van der Waals surface area (Å²) in [6.45, 7) is 2.67. The van der Waals surface area contributed by atoms with Gasteiger partial charge in [0.15, 0.2) is 0 Å². The quantitative estimate of drug-likeness (QED) is 0.794. The predicted molar refractivity (Wildman–Crippen MR) is 99.7 cm³/mol. The maximum atomic E-state index is 12.5. The SMILES string of the molecule is COc1ccc(C(CNC(=O)c2ccccc2N)N2CCCC2)cc1. The van der Waals surface area contributed by atoms with Gasteiger partial charge >= 0.3 is 0 Å². The minimum Gasteiger partial charge on any atom is -0.497 e. The van der Waals surface area contributed by atoms with Crippen molar-refractivity contribution in [3.8, 4) is 5.75 Å². The lowest BCUT2D eigenvalue weighted by Gasteiger charge is -2.28. The number of carbonyl (C=O) groups excluding carboxylic acids is 1. The number of nitrogens with zero attached hydrogens (tertiary/aromatic N) is 1. The Labute approximate surface area is 148 Å². The number of nitrogen functional groups attached to an aromatic ring is 1. The molecule has 2 aromatic rings. The number of nitrogens with one attached hydrogen (secondary N) is 1. The normalized spacial score (nSPS) is 15.7. The first-order valence-corrected chi connectivity index (χ1v) is 8.70. The molecule has 0 spiro atoms. The van der Waals surface area contributed by atoms with Crippen molar-refractivity contribution in [2.75, 3.05) is 32.5 Å². The molecule has 3 rings (SSSR count). The lowest BCUT2D eigenvalue weighted by molar-refractivity contribution is 0.0939. The zero-order chi connectivity index (χ0) is 17.6. The number of carbonyl (C=O) groups is 1. The zero-order valence-electron chi connectivity index (χ0n) is 14.6. The highest BCUT2D eigenvalue weighted by Crippen LogP contribution is 2.26. The molecule has 1 fully saturated rings. The fourth-order valence-electron chi connectivity index (χ4n) is 3.33. The highest BCUT2D eigenvalue weighted by molar-refractivity contribution is 5.99. The molecule has 1 heterocycles. The van der Waals surface area contributed by atoms with Crippen molar-refractivity contribution >= 4 is 11.6 Å². The molecule has 0 saturated carbocycles. The Hall–Kier alpha value is -2.53. The molecule has 1 aliphatic rings. The standard InChI is InChI=1S/C20H25N3O2/c1-25-16-10-8-15(9-11-16)19(23-12-4-5-13-23)14-22-20(24)17-6-2-3-7-18(17)21/h2-3,6-11,19H,4-5,12-14,21H2,1H3,(H,22,24). The smallest absolute Gasteiger partial charge is 0.253 e. The van der Waals surface area contributed by atoms with E-state index in [4.69, 9.17) is 10.5 Å². The second-order valence-electron chi connectivity index (χ2n) is 6.33. The molecule has 2 aromatic carbocycles. The van der Waals surface area contributed by atoms with Gasteiger partial charge in [-0.05, 0) is 55.8 Å². The van der Waals surface area contributed by atoms with Crippen molar-refractivity contribution in [1.82, 2.24) is 10.2 Å². The van der Waals surface area contributed by atoms with Gasteiger partial charge in [-0.3, -0.25) is 9.69 Å². The molecule has 1 unspecified atom stereocenters. The largest absolute Gasteiger partial charge is 0.497 e. The van der Waals surface area contributed by atoms with Crippen molar-refractivity contribution in [1.29, 1.82) is 0 Å². The molecule has 1 atom stereocenters. The number of benzene rings is 2. The maximum Gasteiger partial charge on any atom is 0.253 e. The van der Waals surface area contributed by atoms with Crippen molar-refractivity contribution in [2.24, 2.45) is 0 Å². The highest BCUT2D eigenvalue weighted by atomic mass is 16.5. The fourth-order valence-corrected chi connectivity index (χ4v) is 3.33. The summed E-state index contributed by atoms with van der Waals surface area (Å²) in [6, 6.07) is 15.4. The third-order valence-corrected chi connectivity index (χ3v) is 4.74.